The summed E-state index contributed by atoms with van der Waals surface area (Å²) >= 11 is 5.58. The molecule has 0 unspecified atom stereocenters. The molecule has 4 heterocycles. The lowest BCUT2D eigenvalue weighted by Gasteiger charge is -2.20. The number of thioether (sulfide) groups is 1. The van der Waals surface area contributed by atoms with Crippen LogP contribution in [0, 0.1) is 17.9 Å². The Labute approximate surface area is 270 Å². The minimum atomic E-state index is -4.36. The maximum Gasteiger partial charge on any atom is 0.281 e. The summed E-state index contributed by atoms with van der Waals surface area (Å²) in [7, 11) is -8.65. The first-order valence-corrected chi connectivity index (χ1v) is 19.9. The van der Waals surface area contributed by atoms with Crippen LogP contribution in [0.2, 0.25) is 0 Å². The second-order valence-corrected chi connectivity index (χ2v) is 16.1. The van der Waals surface area contributed by atoms with E-state index in [0.717, 1.165) is 42.6 Å². The standard InChI is InChI=1S/C20H18N4O6S6.C4H11N.C2H6/c1-22-16-10-14-20(33-16)34-17(23(14)6-4-8-36(28,29)30)11-18-24(5-2-3-7-35(25,26)27)19-15(32-18)9-13(12-21)31-19;1-3-5-4-2;1-2/h9-11H,2-8H2,(H-,25,26,27,28,29,30);5H,3-4H2,1-2H3;1-2H3/p-1. The summed E-state index contributed by atoms with van der Waals surface area (Å²) in [6.07, 6.45) is 2.73. The summed E-state index contributed by atoms with van der Waals surface area (Å²) < 4.78 is 70.0. The lowest BCUT2D eigenvalue weighted by molar-refractivity contribution is -0.667. The van der Waals surface area contributed by atoms with Crippen LogP contribution in [0.5, 0.6) is 0 Å². The number of nitrogens with one attached hydrogen (secondary N) is 1. The van der Waals surface area contributed by atoms with Gasteiger partial charge in [0.25, 0.3) is 9.84 Å². The van der Waals surface area contributed by atoms with E-state index in [0.29, 0.717) is 22.8 Å². The normalized spacial score (nSPS) is 13.6. The quantitative estimate of drug-likeness (QED) is 0.110. The summed E-state index contributed by atoms with van der Waals surface area (Å²) in [5.41, 5.74) is 0.794. The van der Waals surface area contributed by atoms with Gasteiger partial charge in [0, 0.05) is 24.5 Å². The van der Waals surface area contributed by atoms with E-state index in [1.165, 1.54) is 45.8 Å². The summed E-state index contributed by atoms with van der Waals surface area (Å²) in [6, 6.07) is 5.68. The summed E-state index contributed by atoms with van der Waals surface area (Å²) in [6.45, 7) is 18.4. The minimum Gasteiger partial charge on any atom is -0.748 e. The number of thiazole rings is 1. The van der Waals surface area contributed by atoms with Crippen LogP contribution in [0.25, 0.3) is 20.5 Å². The molecule has 0 fully saturated rings. The average molecular weight is 705 g/mol. The van der Waals surface area contributed by atoms with Gasteiger partial charge in [-0.05, 0) is 38.1 Å². The molecular weight excluding hydrogens is 671 g/mol. The highest BCUT2D eigenvalue weighted by atomic mass is 32.2. The largest absolute Gasteiger partial charge is 0.748 e. The Morgan fingerprint density at radius 1 is 1.05 bits per heavy atom. The third-order valence-corrected chi connectivity index (χ3v) is 11.7. The van der Waals surface area contributed by atoms with Crippen LogP contribution in [0.4, 0.5) is 10.7 Å². The van der Waals surface area contributed by atoms with Gasteiger partial charge in [-0.3, -0.25) is 0 Å². The predicted octanol–water partition coefficient (Wildman–Crippen LogP) is 5.55. The molecule has 0 aliphatic carbocycles. The van der Waals surface area contributed by atoms with Crippen molar-refractivity contribution < 1.29 is 30.5 Å². The first kappa shape index (κ1) is 37.1. The molecule has 0 saturated heterocycles. The second-order valence-electron chi connectivity index (χ2n) is 8.63. The number of nitrogens with zero attached hydrogens (tertiary/aromatic N) is 4. The number of unbranched alkanes of at least 4 members (excludes halogenated alkanes) is 1. The first-order chi connectivity index (χ1) is 20.4. The van der Waals surface area contributed by atoms with Gasteiger partial charge >= 0.3 is 0 Å². The fraction of sp³-hybridized carbons (Fsp3) is 0.500. The number of hydrogen-bond donors (Lipinski definition) is 1. The molecule has 236 valence electrons. The molecule has 0 aromatic carbocycles. The molecule has 0 bridgehead atoms. The number of thiophene rings is 2. The van der Waals surface area contributed by atoms with Gasteiger partial charge in [-0.1, -0.05) is 62.1 Å². The van der Waals surface area contributed by atoms with Gasteiger partial charge in [0.05, 0.1) is 47.8 Å². The van der Waals surface area contributed by atoms with E-state index in [-0.39, 0.29) is 19.4 Å². The molecule has 3 aromatic rings. The van der Waals surface area contributed by atoms with Crippen molar-refractivity contribution in [3.05, 3.63) is 38.5 Å². The smallest absolute Gasteiger partial charge is 0.281 e. The molecule has 0 radical (unpaired) electrons. The van der Waals surface area contributed by atoms with Crippen LogP contribution >= 0.6 is 45.8 Å². The molecular formula is C26H34N5O6S6-. The van der Waals surface area contributed by atoms with Gasteiger partial charge in [0.1, 0.15) is 15.6 Å². The predicted molar refractivity (Wildman–Crippen MR) is 175 cm³/mol. The molecule has 4 rings (SSSR count). The Kier molecular flexibility index (Phi) is 15.1. The van der Waals surface area contributed by atoms with Gasteiger partial charge in [0.15, 0.2) is 6.54 Å². The molecule has 0 atom stereocenters. The van der Waals surface area contributed by atoms with Crippen molar-refractivity contribution in [2.24, 2.45) is 0 Å². The zero-order valence-electron chi connectivity index (χ0n) is 24.3. The SMILES string of the molecule is CC.CCNCC.[C-]#[N+]c1cc2c(s1)SC(=Cc1sc3cc(C#N)sc3[n+]1CCCCS(=O)(=O)[O-])N2CCCS(=O)(=O)[O-]. The van der Waals surface area contributed by atoms with Gasteiger partial charge in [-0.2, -0.15) is 9.83 Å². The minimum absolute atomic E-state index is 0.126. The van der Waals surface area contributed by atoms with Crippen molar-refractivity contribution >= 4 is 92.3 Å². The molecule has 0 saturated carbocycles. The second kappa shape index (κ2) is 17.4. The van der Waals surface area contributed by atoms with Crippen molar-refractivity contribution in [2.75, 3.05) is 36.0 Å². The Morgan fingerprint density at radius 3 is 2.26 bits per heavy atom. The van der Waals surface area contributed by atoms with E-state index in [1.807, 2.05) is 29.4 Å². The molecule has 3 aromatic heterocycles. The van der Waals surface area contributed by atoms with Crippen molar-refractivity contribution in [3.8, 4) is 6.07 Å². The van der Waals surface area contributed by atoms with E-state index >= 15 is 0 Å². The monoisotopic (exact) mass is 704 g/mol. The Balaban J connectivity index is 0.000000836. The van der Waals surface area contributed by atoms with Crippen molar-refractivity contribution in [1.29, 1.82) is 5.26 Å². The van der Waals surface area contributed by atoms with Gasteiger partial charge in [-0.25, -0.2) is 21.7 Å². The van der Waals surface area contributed by atoms with Gasteiger partial charge in [0.2, 0.25) is 5.00 Å². The highest BCUT2D eigenvalue weighted by Gasteiger charge is 2.30. The third-order valence-electron chi connectivity index (χ3n) is 5.60. The zero-order chi connectivity index (χ0) is 32.2. The molecule has 43 heavy (non-hydrogen) atoms. The lowest BCUT2D eigenvalue weighted by Crippen LogP contribution is -2.35. The number of nitriles is 1. The summed E-state index contributed by atoms with van der Waals surface area (Å²) in [4.78, 5) is 6.80. The highest BCUT2D eigenvalue weighted by Crippen LogP contribution is 2.53. The van der Waals surface area contributed by atoms with Crippen LogP contribution < -0.4 is 14.8 Å². The first-order valence-electron chi connectivity index (χ1n) is 13.5. The van der Waals surface area contributed by atoms with E-state index in [2.05, 4.69) is 30.1 Å². The van der Waals surface area contributed by atoms with Gasteiger partial charge < -0.3 is 19.3 Å². The molecule has 1 N–H and O–H groups in total. The average Bonchev–Trinajstić information content (AvgIpc) is 3.68. The maximum atomic E-state index is 11.1. The number of hydrogen-bond acceptors (Lipinski definition) is 13. The molecule has 11 nitrogen and oxygen atoms in total. The van der Waals surface area contributed by atoms with E-state index < -0.39 is 31.7 Å². The molecule has 0 spiro atoms. The molecule has 17 heteroatoms. The number of fused-ring (bicyclic) bond motifs is 2. The lowest BCUT2D eigenvalue weighted by atomic mass is 10.3. The molecule has 0 amide bonds. The summed E-state index contributed by atoms with van der Waals surface area (Å²) in [5.74, 6) is -0.939. The van der Waals surface area contributed by atoms with Crippen LogP contribution in [0.3, 0.4) is 0 Å². The number of aryl methyl sites for hydroxylation is 1. The summed E-state index contributed by atoms with van der Waals surface area (Å²) in [5, 5.41) is 14.6. The highest BCUT2D eigenvalue weighted by molar-refractivity contribution is 8.05. The number of aromatic nitrogens is 1. The van der Waals surface area contributed by atoms with Crippen molar-refractivity contribution in [1.82, 2.24) is 5.32 Å². The van der Waals surface area contributed by atoms with E-state index in [9.17, 15) is 31.2 Å². The Hall–Kier alpha value is -2.06. The molecule has 1 aliphatic heterocycles. The number of anilines is 1. The van der Waals surface area contributed by atoms with E-state index in [1.54, 1.807) is 12.1 Å². The van der Waals surface area contributed by atoms with Crippen LogP contribution in [-0.2, 0) is 26.8 Å². The number of rotatable bonds is 12. The van der Waals surface area contributed by atoms with Crippen molar-refractivity contribution in [3.63, 3.8) is 0 Å². The van der Waals surface area contributed by atoms with E-state index in [4.69, 9.17) is 6.57 Å². The third kappa shape index (κ3) is 11.4. The Morgan fingerprint density at radius 2 is 1.70 bits per heavy atom. The Bertz CT molecular complexity index is 1690. The topological polar surface area (TPSA) is 162 Å². The zero-order valence-corrected chi connectivity index (χ0v) is 29.2. The van der Waals surface area contributed by atoms with Crippen molar-refractivity contribution in [2.45, 2.75) is 57.7 Å². The molecule has 1 aliphatic rings. The van der Waals surface area contributed by atoms with Crippen LogP contribution in [-0.4, -0.2) is 57.1 Å². The maximum absolute atomic E-state index is 11.1. The fourth-order valence-corrected chi connectivity index (χ4v) is 9.59. The van der Waals surface area contributed by atoms with Crippen LogP contribution in [0.1, 0.15) is 56.8 Å². The van der Waals surface area contributed by atoms with Gasteiger partial charge in [-0.15, -0.1) is 11.3 Å². The fourth-order valence-electron chi connectivity index (χ4n) is 3.85. The van der Waals surface area contributed by atoms with Crippen LogP contribution in [0.15, 0.2) is 21.4 Å².